The first-order valence-electron chi connectivity index (χ1n) is 6.77. The Morgan fingerprint density at radius 1 is 1.23 bits per heavy atom. The van der Waals surface area contributed by atoms with E-state index in [1.54, 1.807) is 12.1 Å². The fourth-order valence-corrected chi connectivity index (χ4v) is 2.83. The van der Waals surface area contributed by atoms with Crippen LogP contribution in [0.15, 0.2) is 52.3 Å². The van der Waals surface area contributed by atoms with Crippen molar-refractivity contribution in [2.45, 2.75) is 18.4 Å². The molecule has 0 atom stereocenters. The van der Waals surface area contributed by atoms with Crippen LogP contribution >= 0.6 is 0 Å². The molecule has 0 spiro atoms. The first kappa shape index (κ1) is 16.2. The lowest BCUT2D eigenvalue weighted by atomic mass is 10.3. The van der Waals surface area contributed by atoms with Gasteiger partial charge >= 0.3 is 0 Å². The van der Waals surface area contributed by atoms with E-state index in [4.69, 9.17) is 4.74 Å². The Bertz CT molecular complexity index is 769. The van der Waals surface area contributed by atoms with Gasteiger partial charge in [0.05, 0.1) is 18.0 Å². The molecular formula is C14H17N3O4S. The summed E-state index contributed by atoms with van der Waals surface area (Å²) in [6.07, 6.45) is 1.47. The third kappa shape index (κ3) is 4.15. The van der Waals surface area contributed by atoms with Gasteiger partial charge in [0.15, 0.2) is 0 Å². The molecule has 1 heterocycles. The Morgan fingerprint density at radius 3 is 2.59 bits per heavy atom. The number of rotatable bonds is 7. The average molecular weight is 323 g/mol. The van der Waals surface area contributed by atoms with Gasteiger partial charge in [0.25, 0.3) is 5.56 Å². The maximum atomic E-state index is 12.1. The molecule has 0 saturated heterocycles. The monoisotopic (exact) mass is 323 g/mol. The minimum Gasteiger partial charge on any atom is -0.494 e. The van der Waals surface area contributed by atoms with Crippen molar-refractivity contribution >= 4 is 10.0 Å². The van der Waals surface area contributed by atoms with E-state index in [0.717, 1.165) is 0 Å². The first-order valence-corrected chi connectivity index (χ1v) is 8.26. The second-order valence-corrected chi connectivity index (χ2v) is 6.15. The van der Waals surface area contributed by atoms with Gasteiger partial charge in [-0.05, 0) is 37.3 Å². The summed E-state index contributed by atoms with van der Waals surface area (Å²) in [5.74, 6) is 0.612. The van der Waals surface area contributed by atoms with E-state index in [1.807, 2.05) is 6.92 Å². The number of hydrogen-bond donors (Lipinski definition) is 1. The Labute approximate surface area is 128 Å². The number of sulfonamides is 1. The molecule has 2 rings (SSSR count). The average Bonchev–Trinajstić information content (AvgIpc) is 2.50. The quantitative estimate of drug-likeness (QED) is 0.807. The molecule has 1 aromatic heterocycles. The Kier molecular flexibility index (Phi) is 5.29. The van der Waals surface area contributed by atoms with E-state index in [2.05, 4.69) is 9.82 Å². The Morgan fingerprint density at radius 2 is 1.95 bits per heavy atom. The molecule has 0 fully saturated rings. The predicted octanol–water partition coefficient (Wildman–Crippen LogP) is 0.620. The molecule has 2 aromatic rings. The van der Waals surface area contributed by atoms with Gasteiger partial charge in [-0.2, -0.15) is 5.10 Å². The zero-order valence-corrected chi connectivity index (χ0v) is 12.9. The number of hydrogen-bond acceptors (Lipinski definition) is 5. The van der Waals surface area contributed by atoms with Crippen molar-refractivity contribution < 1.29 is 13.2 Å². The topological polar surface area (TPSA) is 90.3 Å². The fourth-order valence-electron chi connectivity index (χ4n) is 1.81. The van der Waals surface area contributed by atoms with Crippen molar-refractivity contribution in [2.24, 2.45) is 0 Å². The maximum Gasteiger partial charge on any atom is 0.266 e. The molecule has 22 heavy (non-hydrogen) atoms. The van der Waals surface area contributed by atoms with Gasteiger partial charge in [0.2, 0.25) is 10.0 Å². The van der Waals surface area contributed by atoms with Gasteiger partial charge in [0, 0.05) is 18.8 Å². The molecule has 1 aromatic carbocycles. The maximum absolute atomic E-state index is 12.1. The van der Waals surface area contributed by atoms with E-state index in [-0.39, 0.29) is 23.5 Å². The van der Waals surface area contributed by atoms with E-state index in [9.17, 15) is 13.2 Å². The number of ether oxygens (including phenoxy) is 1. The van der Waals surface area contributed by atoms with Crippen molar-refractivity contribution in [1.82, 2.24) is 14.5 Å². The molecule has 0 radical (unpaired) electrons. The molecule has 0 aliphatic carbocycles. The van der Waals surface area contributed by atoms with Crippen LogP contribution < -0.4 is 15.0 Å². The smallest absolute Gasteiger partial charge is 0.266 e. The van der Waals surface area contributed by atoms with Crippen LogP contribution in [0, 0.1) is 0 Å². The van der Waals surface area contributed by atoms with Crippen LogP contribution in [0.1, 0.15) is 6.92 Å². The lowest BCUT2D eigenvalue weighted by molar-refractivity contribution is 0.340. The molecule has 1 N–H and O–H groups in total. The minimum atomic E-state index is -3.62. The second kappa shape index (κ2) is 7.19. The summed E-state index contributed by atoms with van der Waals surface area (Å²) in [7, 11) is -3.62. The highest BCUT2D eigenvalue weighted by Gasteiger charge is 2.13. The SMILES string of the molecule is CCOc1ccc(S(=O)(=O)NCCn2ncccc2=O)cc1. The van der Waals surface area contributed by atoms with Crippen molar-refractivity contribution in [3.63, 3.8) is 0 Å². The zero-order chi connectivity index (χ0) is 16.0. The molecule has 0 aliphatic rings. The second-order valence-electron chi connectivity index (χ2n) is 4.39. The fraction of sp³-hybridized carbons (Fsp3) is 0.286. The van der Waals surface area contributed by atoms with Crippen LogP contribution in [0.4, 0.5) is 0 Å². The molecule has 0 amide bonds. The standard InChI is InChI=1S/C14H17N3O4S/c1-2-21-12-5-7-13(8-6-12)22(19,20)16-10-11-17-14(18)4-3-9-15-17/h3-9,16H,2,10-11H2,1H3. The summed E-state index contributed by atoms with van der Waals surface area (Å²) < 4.78 is 33.1. The summed E-state index contributed by atoms with van der Waals surface area (Å²) in [4.78, 5) is 11.6. The Balaban J connectivity index is 1.99. The molecule has 0 unspecified atom stereocenters. The van der Waals surface area contributed by atoms with E-state index in [1.165, 1.54) is 35.1 Å². The highest BCUT2D eigenvalue weighted by Crippen LogP contribution is 2.15. The highest BCUT2D eigenvalue weighted by molar-refractivity contribution is 7.89. The summed E-state index contributed by atoms with van der Waals surface area (Å²) in [6, 6.07) is 9.04. The van der Waals surface area contributed by atoms with E-state index >= 15 is 0 Å². The lowest BCUT2D eigenvalue weighted by Crippen LogP contribution is -2.31. The minimum absolute atomic E-state index is 0.0759. The largest absolute Gasteiger partial charge is 0.494 e. The van der Waals surface area contributed by atoms with Crippen molar-refractivity contribution in [3.05, 3.63) is 52.9 Å². The summed E-state index contributed by atoms with van der Waals surface area (Å²) >= 11 is 0. The van der Waals surface area contributed by atoms with Crippen LogP contribution in [0.3, 0.4) is 0 Å². The molecule has 0 bridgehead atoms. The van der Waals surface area contributed by atoms with Crippen molar-refractivity contribution in [2.75, 3.05) is 13.2 Å². The number of aromatic nitrogens is 2. The lowest BCUT2D eigenvalue weighted by Gasteiger charge is -2.08. The highest BCUT2D eigenvalue weighted by atomic mass is 32.2. The molecule has 118 valence electrons. The normalized spacial score (nSPS) is 11.3. The first-order chi connectivity index (χ1) is 10.5. The summed E-state index contributed by atoms with van der Waals surface area (Å²) in [6.45, 7) is 2.61. The van der Waals surface area contributed by atoms with Gasteiger partial charge in [0.1, 0.15) is 5.75 Å². The van der Waals surface area contributed by atoms with Crippen LogP contribution in [-0.2, 0) is 16.6 Å². The van der Waals surface area contributed by atoms with Crippen molar-refractivity contribution in [1.29, 1.82) is 0 Å². The summed E-state index contributed by atoms with van der Waals surface area (Å²) in [5, 5.41) is 3.86. The van der Waals surface area contributed by atoms with Crippen LogP contribution in [0.25, 0.3) is 0 Å². The number of nitrogens with one attached hydrogen (secondary N) is 1. The third-order valence-corrected chi connectivity index (χ3v) is 4.32. The van der Waals surface area contributed by atoms with Crippen LogP contribution in [0.5, 0.6) is 5.75 Å². The van der Waals surface area contributed by atoms with E-state index < -0.39 is 10.0 Å². The van der Waals surface area contributed by atoms with Gasteiger partial charge in [-0.3, -0.25) is 4.79 Å². The Hall–Kier alpha value is -2.19. The van der Waals surface area contributed by atoms with E-state index in [0.29, 0.717) is 12.4 Å². The molecule has 0 aliphatic heterocycles. The van der Waals surface area contributed by atoms with Gasteiger partial charge in [-0.1, -0.05) is 0 Å². The van der Waals surface area contributed by atoms with Gasteiger partial charge in [-0.15, -0.1) is 0 Å². The zero-order valence-electron chi connectivity index (χ0n) is 12.1. The van der Waals surface area contributed by atoms with Crippen molar-refractivity contribution in [3.8, 4) is 5.75 Å². The summed E-state index contributed by atoms with van der Waals surface area (Å²) in [5.41, 5.74) is -0.275. The van der Waals surface area contributed by atoms with Crippen LogP contribution in [-0.4, -0.2) is 31.3 Å². The molecule has 7 nitrogen and oxygen atoms in total. The molecular weight excluding hydrogens is 306 g/mol. The molecule has 8 heteroatoms. The molecule has 0 saturated carbocycles. The predicted molar refractivity (Wildman–Crippen MR) is 81.3 cm³/mol. The van der Waals surface area contributed by atoms with Crippen LogP contribution in [0.2, 0.25) is 0 Å². The number of nitrogens with zero attached hydrogens (tertiary/aromatic N) is 2. The third-order valence-electron chi connectivity index (χ3n) is 2.85. The van der Waals surface area contributed by atoms with Gasteiger partial charge in [-0.25, -0.2) is 17.8 Å². The number of benzene rings is 1. The van der Waals surface area contributed by atoms with Gasteiger partial charge < -0.3 is 4.74 Å².